The van der Waals surface area contributed by atoms with E-state index in [9.17, 15) is 14.4 Å². The number of anilines is 1. The standard InChI is InChI=1S/C27H20ClN3O4/c1-17-22(28)12-7-13-23(17)30-25(32)26(33)31-29-16-21-20-11-6-5-8-18(20)14-15-24(21)35-27(34)19-9-3-2-4-10-19/h2-16H,1H3,(H,30,32)(H,31,33)/b29-16-. The Morgan fingerprint density at radius 1 is 0.857 bits per heavy atom. The fraction of sp³-hybridized carbons (Fsp3) is 0.0370. The molecular formula is C27H20ClN3O4. The van der Waals surface area contributed by atoms with E-state index in [0.717, 1.165) is 10.8 Å². The van der Waals surface area contributed by atoms with E-state index in [4.69, 9.17) is 16.3 Å². The van der Waals surface area contributed by atoms with Gasteiger partial charge in [0.05, 0.1) is 11.8 Å². The maximum atomic E-state index is 12.6. The highest BCUT2D eigenvalue weighted by atomic mass is 35.5. The molecular weight excluding hydrogens is 466 g/mol. The molecule has 8 heteroatoms. The van der Waals surface area contributed by atoms with Gasteiger partial charge in [0, 0.05) is 16.3 Å². The molecule has 0 fully saturated rings. The van der Waals surface area contributed by atoms with Crippen LogP contribution in [0.1, 0.15) is 21.5 Å². The van der Waals surface area contributed by atoms with Gasteiger partial charge in [-0.15, -0.1) is 0 Å². The number of ether oxygens (including phenoxy) is 1. The third-order valence-corrected chi connectivity index (χ3v) is 5.63. The van der Waals surface area contributed by atoms with E-state index < -0.39 is 17.8 Å². The molecule has 0 aromatic heterocycles. The number of amides is 2. The van der Waals surface area contributed by atoms with Crippen LogP contribution in [-0.2, 0) is 9.59 Å². The van der Waals surface area contributed by atoms with Gasteiger partial charge in [-0.3, -0.25) is 9.59 Å². The lowest BCUT2D eigenvalue weighted by Crippen LogP contribution is -2.32. The number of hydrogen-bond donors (Lipinski definition) is 2. The van der Waals surface area contributed by atoms with Gasteiger partial charge in [0.2, 0.25) is 0 Å². The van der Waals surface area contributed by atoms with Crippen LogP contribution in [0.15, 0.2) is 90.0 Å². The number of nitrogens with one attached hydrogen (secondary N) is 2. The number of carbonyl (C=O) groups is 3. The average molecular weight is 486 g/mol. The molecule has 0 heterocycles. The summed E-state index contributed by atoms with van der Waals surface area (Å²) in [6.45, 7) is 1.73. The van der Waals surface area contributed by atoms with Crippen molar-refractivity contribution in [3.63, 3.8) is 0 Å². The molecule has 4 rings (SSSR count). The molecule has 0 radical (unpaired) electrons. The number of nitrogens with zero attached hydrogens (tertiary/aromatic N) is 1. The number of rotatable bonds is 5. The largest absolute Gasteiger partial charge is 0.422 e. The quantitative estimate of drug-likeness (QED) is 0.135. The van der Waals surface area contributed by atoms with E-state index in [1.807, 2.05) is 30.3 Å². The number of hydrogen-bond acceptors (Lipinski definition) is 5. The van der Waals surface area contributed by atoms with E-state index in [1.165, 1.54) is 6.21 Å². The number of halogens is 1. The summed E-state index contributed by atoms with van der Waals surface area (Å²) >= 11 is 6.05. The van der Waals surface area contributed by atoms with Gasteiger partial charge in [-0.2, -0.15) is 5.10 Å². The van der Waals surface area contributed by atoms with Crippen molar-refractivity contribution in [1.29, 1.82) is 0 Å². The van der Waals surface area contributed by atoms with Crippen molar-refractivity contribution in [2.24, 2.45) is 5.10 Å². The molecule has 0 unspecified atom stereocenters. The molecule has 0 spiro atoms. The second-order valence-electron chi connectivity index (χ2n) is 7.52. The summed E-state index contributed by atoms with van der Waals surface area (Å²) < 4.78 is 5.61. The summed E-state index contributed by atoms with van der Waals surface area (Å²) in [6.07, 6.45) is 1.34. The zero-order valence-corrected chi connectivity index (χ0v) is 19.4. The lowest BCUT2D eigenvalue weighted by molar-refractivity contribution is -0.136. The highest BCUT2D eigenvalue weighted by Gasteiger charge is 2.16. The summed E-state index contributed by atoms with van der Waals surface area (Å²) in [5, 5.41) is 8.54. The van der Waals surface area contributed by atoms with Gasteiger partial charge in [-0.1, -0.05) is 66.2 Å². The smallest absolute Gasteiger partial charge is 0.343 e. The summed E-state index contributed by atoms with van der Waals surface area (Å²) in [7, 11) is 0. The number of carbonyl (C=O) groups excluding carboxylic acids is 3. The highest BCUT2D eigenvalue weighted by molar-refractivity contribution is 6.40. The fourth-order valence-corrected chi connectivity index (χ4v) is 3.53. The number of benzene rings is 4. The first-order valence-corrected chi connectivity index (χ1v) is 11.0. The normalized spacial score (nSPS) is 10.8. The van der Waals surface area contributed by atoms with Crippen LogP contribution in [0.4, 0.5) is 5.69 Å². The monoisotopic (exact) mass is 485 g/mol. The van der Waals surface area contributed by atoms with Gasteiger partial charge in [-0.25, -0.2) is 10.2 Å². The molecule has 2 N–H and O–H groups in total. The molecule has 0 bridgehead atoms. The molecule has 0 saturated carbocycles. The minimum atomic E-state index is -0.969. The van der Waals surface area contributed by atoms with Crippen LogP contribution in [0.5, 0.6) is 5.75 Å². The molecule has 2 amide bonds. The van der Waals surface area contributed by atoms with Crippen LogP contribution in [0.2, 0.25) is 5.02 Å². The molecule has 7 nitrogen and oxygen atoms in total. The molecule has 0 aliphatic rings. The Morgan fingerprint density at radius 2 is 1.60 bits per heavy atom. The summed E-state index contributed by atoms with van der Waals surface area (Å²) in [5.74, 6) is -2.14. The SMILES string of the molecule is Cc1c(Cl)cccc1NC(=O)C(=O)N/N=C\c1c(OC(=O)c2ccccc2)ccc2ccccc12. The predicted molar refractivity (Wildman–Crippen MR) is 136 cm³/mol. The van der Waals surface area contributed by atoms with Crippen LogP contribution in [0.25, 0.3) is 10.8 Å². The fourth-order valence-electron chi connectivity index (χ4n) is 3.36. The highest BCUT2D eigenvalue weighted by Crippen LogP contribution is 2.27. The van der Waals surface area contributed by atoms with E-state index in [-0.39, 0.29) is 5.75 Å². The van der Waals surface area contributed by atoms with E-state index in [0.29, 0.717) is 27.4 Å². The summed E-state index contributed by atoms with van der Waals surface area (Å²) in [4.78, 5) is 37.2. The zero-order chi connectivity index (χ0) is 24.8. The maximum absolute atomic E-state index is 12.6. The van der Waals surface area contributed by atoms with Gasteiger partial charge in [0.25, 0.3) is 0 Å². The first-order valence-electron chi connectivity index (χ1n) is 10.6. The Bertz CT molecular complexity index is 1450. The third-order valence-electron chi connectivity index (χ3n) is 5.22. The van der Waals surface area contributed by atoms with Crippen molar-refractivity contribution >= 4 is 52.1 Å². The second-order valence-corrected chi connectivity index (χ2v) is 7.93. The molecule has 35 heavy (non-hydrogen) atoms. The zero-order valence-electron chi connectivity index (χ0n) is 18.6. The predicted octanol–water partition coefficient (Wildman–Crippen LogP) is 5.11. The van der Waals surface area contributed by atoms with Crippen molar-refractivity contribution in [2.45, 2.75) is 6.92 Å². The Kier molecular flexibility index (Phi) is 7.18. The molecule has 0 aliphatic heterocycles. The van der Waals surface area contributed by atoms with Crippen LogP contribution in [0.3, 0.4) is 0 Å². The van der Waals surface area contributed by atoms with Crippen molar-refractivity contribution < 1.29 is 19.1 Å². The van der Waals surface area contributed by atoms with E-state index in [2.05, 4.69) is 15.8 Å². The molecule has 4 aromatic rings. The summed E-state index contributed by atoms with van der Waals surface area (Å²) in [5.41, 5.74) is 4.13. The molecule has 0 saturated heterocycles. The van der Waals surface area contributed by atoms with Gasteiger partial charge in [0.15, 0.2) is 0 Å². The van der Waals surface area contributed by atoms with Crippen molar-refractivity contribution in [2.75, 3.05) is 5.32 Å². The minimum Gasteiger partial charge on any atom is -0.422 e. The Hall–Kier alpha value is -4.49. The van der Waals surface area contributed by atoms with Crippen LogP contribution in [-0.4, -0.2) is 24.0 Å². The van der Waals surface area contributed by atoms with E-state index >= 15 is 0 Å². The average Bonchev–Trinajstić information content (AvgIpc) is 2.88. The Balaban J connectivity index is 1.54. The molecule has 0 atom stereocenters. The molecule has 0 aliphatic carbocycles. The van der Waals surface area contributed by atoms with E-state index in [1.54, 1.807) is 61.5 Å². The van der Waals surface area contributed by atoms with Crippen LogP contribution >= 0.6 is 11.6 Å². The first-order chi connectivity index (χ1) is 16.9. The lowest BCUT2D eigenvalue weighted by atomic mass is 10.0. The minimum absolute atomic E-state index is 0.259. The van der Waals surface area contributed by atoms with Crippen LogP contribution < -0.4 is 15.5 Å². The summed E-state index contributed by atoms with van der Waals surface area (Å²) in [6, 6.07) is 24.5. The lowest BCUT2D eigenvalue weighted by Gasteiger charge is -2.11. The van der Waals surface area contributed by atoms with Gasteiger partial charge >= 0.3 is 17.8 Å². The number of esters is 1. The number of fused-ring (bicyclic) bond motifs is 1. The van der Waals surface area contributed by atoms with Crippen molar-refractivity contribution in [1.82, 2.24) is 5.43 Å². The maximum Gasteiger partial charge on any atom is 0.343 e. The van der Waals surface area contributed by atoms with Crippen molar-refractivity contribution in [3.8, 4) is 5.75 Å². The topological polar surface area (TPSA) is 96.9 Å². The molecule has 4 aromatic carbocycles. The van der Waals surface area contributed by atoms with Crippen molar-refractivity contribution in [3.05, 3.63) is 107 Å². The first kappa shape index (κ1) is 23.7. The Morgan fingerprint density at radius 3 is 2.40 bits per heavy atom. The third kappa shape index (κ3) is 5.54. The van der Waals surface area contributed by atoms with Gasteiger partial charge < -0.3 is 10.1 Å². The van der Waals surface area contributed by atoms with Crippen LogP contribution in [0, 0.1) is 6.92 Å². The van der Waals surface area contributed by atoms with Gasteiger partial charge in [0.1, 0.15) is 5.75 Å². The number of hydrazone groups is 1. The molecule has 174 valence electrons. The Labute approximate surface area is 206 Å². The van der Waals surface area contributed by atoms with Gasteiger partial charge in [-0.05, 0) is 53.6 Å². The second kappa shape index (κ2) is 10.6.